The minimum absolute atomic E-state index is 0.0973. The van der Waals surface area contributed by atoms with Gasteiger partial charge in [-0.2, -0.15) is 10.5 Å². The van der Waals surface area contributed by atoms with Crippen molar-refractivity contribution in [1.29, 1.82) is 10.5 Å². The fourth-order valence-corrected chi connectivity index (χ4v) is 26.1. The average Bonchev–Trinajstić information content (AvgIpc) is 1.41. The van der Waals surface area contributed by atoms with Crippen molar-refractivity contribution in [1.82, 2.24) is 0 Å². The molecule has 13 heteroatoms. The molecule has 12 fully saturated rings. The average molecular weight is 1140 g/mol. The normalized spacial score (nSPS) is 43.4. The highest BCUT2D eigenvalue weighted by Gasteiger charge is 3.05. The molecule has 434 valence electrons. The highest BCUT2D eigenvalue weighted by Crippen LogP contribution is 2.98. The first-order valence-corrected chi connectivity index (χ1v) is 31.2. The van der Waals surface area contributed by atoms with Crippen LogP contribution in [0.1, 0.15) is 61.1 Å². The summed E-state index contributed by atoms with van der Waals surface area (Å²) in [5.74, 6) is 1.34. The Morgan fingerprint density at radius 2 is 0.965 bits per heavy atom. The monoisotopic (exact) mass is 1140 g/mol. The van der Waals surface area contributed by atoms with E-state index in [0.29, 0.717) is 37.7 Å². The summed E-state index contributed by atoms with van der Waals surface area (Å²) in [7, 11) is 10.8. The Morgan fingerprint density at radius 3 is 1.35 bits per heavy atom. The summed E-state index contributed by atoms with van der Waals surface area (Å²) in [6.07, 6.45) is 1.83. The molecule has 18 rings (SSSR count). The minimum Gasteiger partial charge on any atom is -0.496 e. The lowest BCUT2D eigenvalue weighted by molar-refractivity contribution is -0.330. The molecule has 0 unspecified atom stereocenters. The molecule has 13 aliphatic rings. The third-order valence-corrected chi connectivity index (χ3v) is 27.2. The number of carbonyl (C=O) groups is 2. The van der Waals surface area contributed by atoms with Crippen LogP contribution in [-0.4, -0.2) is 105 Å². The summed E-state index contributed by atoms with van der Waals surface area (Å²) in [6, 6.07) is 38.3. The fourth-order valence-electron chi connectivity index (χ4n) is 26.1. The Labute approximate surface area is 495 Å². The van der Waals surface area contributed by atoms with Crippen molar-refractivity contribution >= 4 is 28.3 Å². The van der Waals surface area contributed by atoms with Crippen molar-refractivity contribution in [2.45, 2.75) is 75.3 Å². The topological polar surface area (TPSA) is 159 Å². The zero-order chi connectivity index (χ0) is 57.8. The van der Waals surface area contributed by atoms with Crippen LogP contribution >= 0.6 is 0 Å². The van der Waals surface area contributed by atoms with E-state index in [4.69, 9.17) is 37.9 Å². The summed E-state index contributed by atoms with van der Waals surface area (Å²) in [5.41, 5.74) is 5.04. The van der Waals surface area contributed by atoms with E-state index in [2.05, 4.69) is 91.9 Å². The highest BCUT2D eigenvalue weighted by atomic mass is 16.6. The molecule has 10 bridgehead atoms. The predicted molar refractivity (Wildman–Crippen MR) is 313 cm³/mol. The third kappa shape index (κ3) is 4.97. The van der Waals surface area contributed by atoms with Crippen molar-refractivity contribution in [3.63, 3.8) is 0 Å². The number of methoxy groups -OCH3 is 6. The third-order valence-electron chi connectivity index (χ3n) is 27.2. The van der Waals surface area contributed by atoms with Crippen LogP contribution in [0.2, 0.25) is 0 Å². The molecule has 8 aliphatic carbocycles. The number of ether oxygens (including phenoxy) is 8. The van der Waals surface area contributed by atoms with Gasteiger partial charge in [0.1, 0.15) is 40.0 Å². The molecule has 5 aromatic rings. The van der Waals surface area contributed by atoms with Gasteiger partial charge in [-0.05, 0) is 148 Å². The zero-order valence-corrected chi connectivity index (χ0v) is 49.3. The first kappa shape index (κ1) is 51.8. The molecule has 0 N–H and O–H groups in total. The van der Waals surface area contributed by atoms with Crippen LogP contribution in [0.25, 0.3) is 33.0 Å². The molecule has 2 amide bonds. The second kappa shape index (κ2) is 17.0. The predicted octanol–water partition coefficient (Wildman–Crippen LogP) is 10.7. The van der Waals surface area contributed by atoms with Crippen LogP contribution < -0.4 is 14.4 Å². The number of rotatable bonds is 14. The van der Waals surface area contributed by atoms with E-state index in [1.54, 1.807) is 19.1 Å². The minimum atomic E-state index is -1.39. The Morgan fingerprint density at radius 1 is 0.553 bits per heavy atom. The molecule has 0 spiro atoms. The van der Waals surface area contributed by atoms with Gasteiger partial charge in [0.05, 0.1) is 70.8 Å². The number of benzene rings is 5. The molecule has 7 saturated carbocycles. The van der Waals surface area contributed by atoms with E-state index in [0.717, 1.165) is 87.8 Å². The van der Waals surface area contributed by atoms with Crippen LogP contribution in [-0.2, 0) is 44.4 Å². The van der Waals surface area contributed by atoms with Crippen LogP contribution in [0.15, 0.2) is 108 Å². The van der Waals surface area contributed by atoms with Crippen molar-refractivity contribution in [2.75, 3.05) is 74.0 Å². The maximum Gasteiger partial charge on any atom is 0.246 e. The van der Waals surface area contributed by atoms with Crippen molar-refractivity contribution in [3.05, 3.63) is 125 Å². The van der Waals surface area contributed by atoms with Gasteiger partial charge in [-0.3, -0.25) is 9.59 Å². The first-order valence-electron chi connectivity index (χ1n) is 31.2. The number of hydrogen-bond donors (Lipinski definition) is 0. The van der Waals surface area contributed by atoms with E-state index < -0.39 is 56.9 Å². The van der Waals surface area contributed by atoms with E-state index in [1.807, 2.05) is 52.7 Å². The maximum absolute atomic E-state index is 17.2. The van der Waals surface area contributed by atoms with Crippen molar-refractivity contribution in [3.8, 4) is 45.9 Å². The maximum atomic E-state index is 17.2. The van der Waals surface area contributed by atoms with E-state index in [9.17, 15) is 10.5 Å². The van der Waals surface area contributed by atoms with Crippen LogP contribution in [0, 0.1) is 114 Å². The number of carbonyl (C=O) groups excluding carboxylic acids is 2. The number of fused-ring (bicyclic) bond motifs is 35. The van der Waals surface area contributed by atoms with Gasteiger partial charge in [0.15, 0.2) is 0 Å². The number of nitriles is 2. The number of allylic oxidation sites excluding steroid dienone is 2. The number of hydrogen-bond acceptors (Lipinski definition) is 12. The first-order chi connectivity index (χ1) is 41.6. The van der Waals surface area contributed by atoms with Crippen molar-refractivity contribution in [2.24, 2.45) is 91.7 Å². The number of imide groups is 1. The van der Waals surface area contributed by atoms with E-state index in [1.165, 1.54) is 11.1 Å². The van der Waals surface area contributed by atoms with Gasteiger partial charge in [-0.15, -0.1) is 0 Å². The SMILES string of the molecule is CCc1ccc(N2C(=O)[C@@]34[C@@H]5O[C@@H]([C@@H]6[C@H]5[C@@]5(COC)[C@@H]7C[C@@H]([C@@H]8[C@H]7[C@@H]7CC[C@H]8C7=C(C#N)C#N)[C@@]65COC)[C@]3(C2=O)[C@@H]2O[C@H]4[C@@H]3[C@H]2[C@@]2(COC)[C@@H]4C[C@@H](c5c4c(-c4ccccc4)c4c(OC)ccc(OC)c4c5-c4ccccc4)[C@@]32COC)cc1. The number of anilines is 1. The Hall–Kier alpha value is -6.42. The number of amides is 2. The van der Waals surface area contributed by atoms with Gasteiger partial charge in [-0.25, -0.2) is 4.90 Å². The van der Waals surface area contributed by atoms with Gasteiger partial charge >= 0.3 is 0 Å². The van der Waals surface area contributed by atoms with E-state index >= 15 is 9.59 Å². The van der Waals surface area contributed by atoms with Gasteiger partial charge in [-0.1, -0.05) is 79.7 Å². The molecule has 0 aromatic heterocycles. The lowest BCUT2D eigenvalue weighted by atomic mass is 9.22. The Balaban J connectivity index is 0.897. The molecule has 0 radical (unpaired) electrons. The Bertz CT molecular complexity index is 3690. The summed E-state index contributed by atoms with van der Waals surface area (Å²) in [5, 5.41) is 23.0. The second-order valence-electron chi connectivity index (χ2n) is 28.0. The van der Waals surface area contributed by atoms with E-state index in [-0.39, 0.29) is 82.8 Å². The molecule has 5 saturated heterocycles. The fraction of sp³-hybridized carbons (Fsp3) is 0.528. The van der Waals surface area contributed by atoms with Crippen LogP contribution in [0.4, 0.5) is 5.69 Å². The molecular weight excluding hydrogens is 1070 g/mol. The second-order valence-corrected chi connectivity index (χ2v) is 28.0. The Kier molecular flexibility index (Phi) is 10.4. The van der Waals surface area contributed by atoms with Gasteiger partial charge in [0.25, 0.3) is 0 Å². The molecule has 85 heavy (non-hydrogen) atoms. The van der Waals surface area contributed by atoms with Crippen LogP contribution in [0.3, 0.4) is 0 Å². The van der Waals surface area contributed by atoms with Gasteiger partial charge < -0.3 is 37.9 Å². The van der Waals surface area contributed by atoms with Crippen molar-refractivity contribution < 1.29 is 47.5 Å². The van der Waals surface area contributed by atoms with Crippen LogP contribution in [0.5, 0.6) is 11.5 Å². The number of aryl methyl sites for hydroxylation is 1. The quantitative estimate of drug-likeness (QED) is 0.0449. The summed E-state index contributed by atoms with van der Waals surface area (Å²) in [6.45, 7) is 3.83. The molecule has 5 aliphatic heterocycles. The van der Waals surface area contributed by atoms with Gasteiger partial charge in [0.2, 0.25) is 11.8 Å². The summed E-state index contributed by atoms with van der Waals surface area (Å²) >= 11 is 0. The molecule has 22 atom stereocenters. The molecular formula is C72H71N3O10. The smallest absolute Gasteiger partial charge is 0.246 e. The molecule has 5 aromatic carbocycles. The summed E-state index contributed by atoms with van der Waals surface area (Å²) < 4.78 is 55.8. The lowest BCUT2D eigenvalue weighted by Gasteiger charge is -2.78. The largest absolute Gasteiger partial charge is 0.496 e. The standard InChI is InChI=1S/C72H71N3O10/c1-8-35-19-21-39(22-20-35)75-65(76)71-61-57-58(68(32-79-3)43-27-42(67(57,68)31-78-2)51-40-23-24-41(52(43)51)48(40)38(29-73)30-74)62(84-61)72(71,66(75)77)64-60-59(63(71)85-64)69(33-80-4)44-28-45(70(60,69)34-81-5)54-50(37-17-13-10-14-18-37)56-47(83-7)26-25-46(82-6)55(56)49(53(44)54)36-15-11-9-12-16-36/h9-22,25-26,40-45,51-52,57-64H,8,23-24,27-28,31-34H2,1-7H3/t40-,41+,42-,43+,44+,45-,51+,52-,57-,58+,59+,60-,61-,62+,63+,64-,67-,68+,69+,70-,71+,72-. The van der Waals surface area contributed by atoms with Gasteiger partial charge in [0, 0.05) is 84.5 Å². The summed E-state index contributed by atoms with van der Waals surface area (Å²) in [4.78, 5) is 36.1. The zero-order valence-electron chi connectivity index (χ0n) is 49.3. The number of nitrogens with zero attached hydrogens (tertiary/aromatic N) is 3. The highest BCUT2D eigenvalue weighted by molar-refractivity contribution is 6.27. The lowest BCUT2D eigenvalue weighted by Crippen LogP contribution is -2.85. The molecule has 13 nitrogen and oxygen atoms in total. The molecule has 5 heterocycles.